The van der Waals surface area contributed by atoms with Crippen molar-refractivity contribution < 1.29 is 9.53 Å². The minimum atomic E-state index is -1.27. The number of nitrogens with two attached hydrogens (primary N) is 1. The largest absolute Gasteiger partial charge is 0.457 e. The van der Waals surface area contributed by atoms with Crippen LogP contribution >= 0.6 is 0 Å². The molecule has 6 nitrogen and oxygen atoms in total. The third-order valence-electron chi connectivity index (χ3n) is 6.68. The van der Waals surface area contributed by atoms with Gasteiger partial charge in [-0.05, 0) is 71.7 Å². The maximum Gasteiger partial charge on any atom is 0.266 e. The van der Waals surface area contributed by atoms with Crippen molar-refractivity contribution in [1.29, 1.82) is 0 Å². The van der Waals surface area contributed by atoms with Crippen LogP contribution < -0.4 is 10.5 Å². The first-order chi connectivity index (χ1) is 16.7. The molecule has 0 radical (unpaired) electrons. The molecule has 6 heteroatoms. The van der Waals surface area contributed by atoms with Crippen molar-refractivity contribution >= 4 is 11.9 Å². The molecule has 1 aromatic heterocycles. The first-order valence-corrected chi connectivity index (χ1v) is 12.2. The maximum absolute atomic E-state index is 13.8. The number of aliphatic imine (C=N–C) groups is 1. The van der Waals surface area contributed by atoms with Crippen LogP contribution in [0.3, 0.4) is 0 Å². The van der Waals surface area contributed by atoms with E-state index in [9.17, 15) is 4.79 Å². The van der Waals surface area contributed by atoms with Gasteiger partial charge in [0.15, 0.2) is 5.96 Å². The van der Waals surface area contributed by atoms with E-state index >= 15 is 0 Å². The summed E-state index contributed by atoms with van der Waals surface area (Å²) in [4.78, 5) is 24.6. The van der Waals surface area contributed by atoms with E-state index in [4.69, 9.17) is 15.5 Å². The second-order valence-electron chi connectivity index (χ2n) is 10.5. The third kappa shape index (κ3) is 3.87. The van der Waals surface area contributed by atoms with Crippen LogP contribution in [0.4, 0.5) is 0 Å². The number of nitrogens with zero attached hydrogens (tertiary/aromatic N) is 3. The average Bonchev–Trinajstić information content (AvgIpc) is 3.03. The number of amides is 1. The zero-order valence-electron chi connectivity index (χ0n) is 21.0. The first-order valence-electron chi connectivity index (χ1n) is 12.2. The van der Waals surface area contributed by atoms with Gasteiger partial charge in [-0.3, -0.25) is 14.7 Å². The molecule has 2 aromatic carbocycles. The second kappa shape index (κ2) is 8.52. The lowest BCUT2D eigenvalue weighted by Gasteiger charge is -2.34. The van der Waals surface area contributed by atoms with E-state index < -0.39 is 5.54 Å². The van der Waals surface area contributed by atoms with E-state index in [2.05, 4.69) is 50.9 Å². The second-order valence-corrected chi connectivity index (χ2v) is 10.5. The standard InChI is InChI=1S/C29H32N4O2/c1-17(2)10-19-6-8-25-23(13-19)29(27(34)33(5)28(30)32-29)24-14-21(7-9-26(24)35-25)22-12-20(11-18(3)4)15-31-16-22/h6-9,12-18H,10-11H2,1-5H3,(H2,30,32). The molecule has 0 bridgehead atoms. The van der Waals surface area contributed by atoms with Crippen molar-refractivity contribution in [2.24, 2.45) is 22.6 Å². The van der Waals surface area contributed by atoms with Crippen molar-refractivity contribution in [2.45, 2.75) is 46.1 Å². The highest BCUT2D eigenvalue weighted by molar-refractivity contribution is 6.10. The topological polar surface area (TPSA) is 80.8 Å². The molecule has 3 heterocycles. The predicted octanol–water partition coefficient (Wildman–Crippen LogP) is 5.28. The molecule has 0 saturated carbocycles. The fourth-order valence-electron chi connectivity index (χ4n) is 5.11. The lowest BCUT2D eigenvalue weighted by atomic mass is 9.78. The number of likely N-dealkylation sites (N-methyl/N-ethyl adjacent to an activating group) is 1. The molecule has 1 unspecified atom stereocenters. The lowest BCUT2D eigenvalue weighted by molar-refractivity contribution is -0.129. The molecule has 35 heavy (non-hydrogen) atoms. The van der Waals surface area contributed by atoms with Crippen molar-refractivity contribution in [3.8, 4) is 22.6 Å². The molecular weight excluding hydrogens is 436 g/mol. The van der Waals surface area contributed by atoms with Crippen LogP contribution in [0.1, 0.15) is 49.9 Å². The molecule has 3 aromatic rings. The Hall–Kier alpha value is -3.67. The van der Waals surface area contributed by atoms with Gasteiger partial charge in [-0.1, -0.05) is 39.8 Å². The fraction of sp³-hybridized carbons (Fsp3) is 0.345. The number of hydrogen-bond donors (Lipinski definition) is 1. The first kappa shape index (κ1) is 23.1. The summed E-state index contributed by atoms with van der Waals surface area (Å²) >= 11 is 0. The number of rotatable bonds is 5. The molecule has 5 rings (SSSR count). The highest BCUT2D eigenvalue weighted by Crippen LogP contribution is 2.52. The number of carbonyl (C=O) groups is 1. The molecule has 0 aliphatic carbocycles. The van der Waals surface area contributed by atoms with Crippen LogP contribution in [0.5, 0.6) is 11.5 Å². The summed E-state index contributed by atoms with van der Waals surface area (Å²) in [6.07, 6.45) is 5.62. The van der Waals surface area contributed by atoms with Crippen LogP contribution in [-0.2, 0) is 23.2 Å². The molecule has 1 atom stereocenters. The molecule has 1 spiro atoms. The Bertz CT molecular complexity index is 1340. The molecule has 2 aliphatic heterocycles. The molecule has 0 saturated heterocycles. The average molecular weight is 469 g/mol. The minimum Gasteiger partial charge on any atom is -0.457 e. The van der Waals surface area contributed by atoms with E-state index in [0.29, 0.717) is 28.9 Å². The van der Waals surface area contributed by atoms with E-state index in [-0.39, 0.29) is 11.9 Å². The van der Waals surface area contributed by atoms with Crippen molar-refractivity contribution in [2.75, 3.05) is 7.05 Å². The van der Waals surface area contributed by atoms with E-state index in [0.717, 1.165) is 35.1 Å². The molecular formula is C29H32N4O2. The van der Waals surface area contributed by atoms with Crippen LogP contribution in [0.15, 0.2) is 59.9 Å². The summed E-state index contributed by atoms with van der Waals surface area (Å²) in [5.74, 6) is 2.30. The Morgan fingerprint density at radius 2 is 1.54 bits per heavy atom. The number of benzene rings is 2. The summed E-state index contributed by atoms with van der Waals surface area (Å²) in [7, 11) is 1.67. The molecule has 180 valence electrons. The molecule has 1 amide bonds. The van der Waals surface area contributed by atoms with Gasteiger partial charge in [0, 0.05) is 36.1 Å². The number of hydrogen-bond acceptors (Lipinski definition) is 5. The normalized spacial score (nSPS) is 18.7. The van der Waals surface area contributed by atoms with Crippen molar-refractivity contribution in [3.63, 3.8) is 0 Å². The maximum atomic E-state index is 13.8. The van der Waals surface area contributed by atoms with Gasteiger partial charge in [-0.25, -0.2) is 4.99 Å². The van der Waals surface area contributed by atoms with Gasteiger partial charge in [0.25, 0.3) is 5.91 Å². The van der Waals surface area contributed by atoms with Gasteiger partial charge < -0.3 is 10.5 Å². The summed E-state index contributed by atoms with van der Waals surface area (Å²) < 4.78 is 6.31. The van der Waals surface area contributed by atoms with Crippen molar-refractivity contribution in [1.82, 2.24) is 9.88 Å². The number of carbonyl (C=O) groups excluding carboxylic acids is 1. The Kier molecular flexibility index (Phi) is 5.62. The van der Waals surface area contributed by atoms with Crippen LogP contribution in [0.2, 0.25) is 0 Å². The van der Waals surface area contributed by atoms with E-state index in [1.54, 1.807) is 7.05 Å². The zero-order valence-corrected chi connectivity index (χ0v) is 21.0. The Labute approximate surface area is 206 Å². The monoisotopic (exact) mass is 468 g/mol. The number of fused-ring (bicyclic) bond motifs is 4. The number of guanidine groups is 1. The fourth-order valence-corrected chi connectivity index (χ4v) is 5.11. The lowest BCUT2D eigenvalue weighted by Crippen LogP contribution is -2.42. The van der Waals surface area contributed by atoms with Crippen LogP contribution in [0, 0.1) is 11.8 Å². The third-order valence-corrected chi connectivity index (χ3v) is 6.68. The Morgan fingerprint density at radius 3 is 2.20 bits per heavy atom. The summed E-state index contributed by atoms with van der Waals surface area (Å²) in [5, 5.41) is 0. The zero-order chi connectivity index (χ0) is 24.9. The smallest absolute Gasteiger partial charge is 0.266 e. The molecule has 2 aliphatic rings. The SMILES string of the molecule is CC(C)Cc1cncc(-c2ccc3c(c2)C2(N=C(N)N(C)C2=O)c2cc(CC(C)C)ccc2O3)c1. The summed E-state index contributed by atoms with van der Waals surface area (Å²) in [6.45, 7) is 8.75. The van der Waals surface area contributed by atoms with Gasteiger partial charge in [0.2, 0.25) is 5.54 Å². The van der Waals surface area contributed by atoms with E-state index in [1.807, 2.05) is 36.7 Å². The highest BCUT2D eigenvalue weighted by Gasteiger charge is 2.54. The van der Waals surface area contributed by atoms with E-state index in [1.165, 1.54) is 10.5 Å². The quantitative estimate of drug-likeness (QED) is 0.552. The van der Waals surface area contributed by atoms with Crippen molar-refractivity contribution in [3.05, 3.63) is 77.1 Å². The molecule has 0 fully saturated rings. The van der Waals surface area contributed by atoms with Gasteiger partial charge in [0.05, 0.1) is 0 Å². The number of aromatic nitrogens is 1. The minimum absolute atomic E-state index is 0.175. The Balaban J connectivity index is 1.69. The number of pyridine rings is 1. The number of ether oxygens (including phenoxy) is 1. The molecule has 2 N–H and O–H groups in total. The van der Waals surface area contributed by atoms with Gasteiger partial charge in [-0.2, -0.15) is 0 Å². The summed E-state index contributed by atoms with van der Waals surface area (Å²) in [5.41, 5.74) is 10.7. The van der Waals surface area contributed by atoms with Gasteiger partial charge in [-0.15, -0.1) is 0 Å². The van der Waals surface area contributed by atoms with Crippen LogP contribution in [-0.4, -0.2) is 28.8 Å². The summed E-state index contributed by atoms with van der Waals surface area (Å²) in [6, 6.07) is 14.2. The van der Waals surface area contributed by atoms with Crippen LogP contribution in [0.25, 0.3) is 11.1 Å². The predicted molar refractivity (Wildman–Crippen MR) is 138 cm³/mol. The highest BCUT2D eigenvalue weighted by atomic mass is 16.5. The van der Waals surface area contributed by atoms with Gasteiger partial charge in [0.1, 0.15) is 11.5 Å². The van der Waals surface area contributed by atoms with Gasteiger partial charge >= 0.3 is 0 Å². The Morgan fingerprint density at radius 1 is 0.886 bits per heavy atom.